The molecule has 7 heteroatoms. The Bertz CT molecular complexity index is 825. The van der Waals surface area contributed by atoms with Crippen LogP contribution in [-0.2, 0) is 9.53 Å². The van der Waals surface area contributed by atoms with Crippen molar-refractivity contribution < 1.29 is 18.9 Å². The highest BCUT2D eigenvalue weighted by molar-refractivity contribution is 5.97. The zero-order chi connectivity index (χ0) is 17.7. The van der Waals surface area contributed by atoms with E-state index in [9.17, 15) is 14.9 Å². The summed E-state index contributed by atoms with van der Waals surface area (Å²) in [6, 6.07) is 10.9. The Morgan fingerprint density at radius 2 is 1.96 bits per heavy atom. The lowest BCUT2D eigenvalue weighted by atomic mass is 10.1. The highest BCUT2D eigenvalue weighted by atomic mass is 16.6. The average Bonchev–Trinajstić information content (AvgIpc) is 3.00. The van der Waals surface area contributed by atoms with E-state index < -0.39 is 10.9 Å². The maximum atomic E-state index is 11.7. The van der Waals surface area contributed by atoms with Crippen LogP contribution in [0.2, 0.25) is 0 Å². The Morgan fingerprint density at radius 3 is 2.50 bits per heavy atom. The first-order valence-electron chi connectivity index (χ1n) is 7.08. The van der Waals surface area contributed by atoms with Gasteiger partial charge in [-0.15, -0.1) is 0 Å². The third-order valence-corrected chi connectivity index (χ3v) is 2.96. The Hall–Kier alpha value is -3.40. The van der Waals surface area contributed by atoms with Crippen LogP contribution in [0.25, 0.3) is 17.4 Å². The predicted octanol–water partition coefficient (Wildman–Crippen LogP) is 3.71. The third kappa shape index (κ3) is 4.08. The molecule has 0 atom stereocenters. The van der Waals surface area contributed by atoms with Crippen LogP contribution in [0, 0.1) is 21.4 Å². The summed E-state index contributed by atoms with van der Waals surface area (Å²) in [4.78, 5) is 21.9. The Balaban J connectivity index is 2.23. The zero-order valence-corrected chi connectivity index (χ0v) is 13.1. The number of rotatable bonds is 5. The Labute approximate surface area is 137 Å². The summed E-state index contributed by atoms with van der Waals surface area (Å²) in [5.41, 5.74) is 0.449. The number of nitriles is 1. The summed E-state index contributed by atoms with van der Waals surface area (Å²) in [6.07, 6.45) is 0.959. The van der Waals surface area contributed by atoms with Crippen molar-refractivity contribution in [2.75, 3.05) is 0 Å². The van der Waals surface area contributed by atoms with Gasteiger partial charge in [-0.25, -0.2) is 4.79 Å². The van der Waals surface area contributed by atoms with Crippen LogP contribution in [0.4, 0.5) is 5.69 Å². The molecule has 0 aliphatic rings. The summed E-state index contributed by atoms with van der Waals surface area (Å²) in [6.45, 7) is 3.37. The van der Waals surface area contributed by atoms with E-state index in [1.54, 1.807) is 44.2 Å². The van der Waals surface area contributed by atoms with Crippen molar-refractivity contribution in [2.24, 2.45) is 0 Å². The van der Waals surface area contributed by atoms with Crippen LogP contribution in [0.15, 0.2) is 46.4 Å². The number of furan rings is 1. The second kappa shape index (κ2) is 7.24. The number of carbonyl (C=O) groups excluding carboxylic acids is 1. The van der Waals surface area contributed by atoms with Gasteiger partial charge in [0.2, 0.25) is 0 Å². The fraction of sp³-hybridized carbons (Fsp3) is 0.176. The van der Waals surface area contributed by atoms with Crippen LogP contribution in [-0.4, -0.2) is 17.0 Å². The van der Waals surface area contributed by atoms with Gasteiger partial charge in [0.25, 0.3) is 5.69 Å². The molecule has 0 N–H and O–H groups in total. The van der Waals surface area contributed by atoms with Crippen molar-refractivity contribution in [1.29, 1.82) is 5.26 Å². The molecule has 0 saturated carbocycles. The van der Waals surface area contributed by atoms with Crippen molar-refractivity contribution in [3.63, 3.8) is 0 Å². The van der Waals surface area contributed by atoms with E-state index in [1.165, 1.54) is 18.2 Å². The van der Waals surface area contributed by atoms with Crippen molar-refractivity contribution in [2.45, 2.75) is 20.0 Å². The molecule has 0 radical (unpaired) electrons. The molecule has 1 aromatic carbocycles. The molecule has 0 fully saturated rings. The second-order valence-corrected chi connectivity index (χ2v) is 5.13. The summed E-state index contributed by atoms with van der Waals surface area (Å²) >= 11 is 0. The molecule has 0 spiro atoms. The smallest absolute Gasteiger partial charge is 0.349 e. The Morgan fingerprint density at radius 1 is 1.29 bits per heavy atom. The van der Waals surface area contributed by atoms with Gasteiger partial charge >= 0.3 is 5.97 Å². The number of esters is 1. The lowest BCUT2D eigenvalue weighted by Crippen LogP contribution is -2.12. The van der Waals surface area contributed by atoms with Gasteiger partial charge in [-0.2, -0.15) is 5.26 Å². The van der Waals surface area contributed by atoms with Gasteiger partial charge in [0.05, 0.1) is 11.0 Å². The molecule has 24 heavy (non-hydrogen) atoms. The van der Waals surface area contributed by atoms with Crippen LogP contribution >= 0.6 is 0 Å². The molecule has 0 aliphatic heterocycles. The van der Waals surface area contributed by atoms with Crippen LogP contribution in [0.3, 0.4) is 0 Å². The molecular weight excluding hydrogens is 312 g/mol. The SMILES string of the molecule is CC(C)OC(=O)C(C#N)=Cc1ccc(-c2ccc([N+](=O)[O-])cc2)o1. The van der Waals surface area contributed by atoms with Crippen molar-refractivity contribution >= 4 is 17.7 Å². The van der Waals surface area contributed by atoms with Gasteiger partial charge in [0, 0.05) is 23.8 Å². The molecule has 0 saturated heterocycles. The second-order valence-electron chi connectivity index (χ2n) is 5.13. The third-order valence-electron chi connectivity index (χ3n) is 2.96. The monoisotopic (exact) mass is 326 g/mol. The van der Waals surface area contributed by atoms with E-state index >= 15 is 0 Å². The van der Waals surface area contributed by atoms with E-state index in [1.807, 2.05) is 0 Å². The maximum Gasteiger partial charge on any atom is 0.349 e. The first kappa shape index (κ1) is 17.0. The lowest BCUT2D eigenvalue weighted by Gasteiger charge is -2.05. The molecule has 0 bridgehead atoms. The minimum atomic E-state index is -0.721. The predicted molar refractivity (Wildman–Crippen MR) is 85.6 cm³/mol. The first-order valence-corrected chi connectivity index (χ1v) is 7.08. The Kier molecular flexibility index (Phi) is 5.12. The molecule has 0 unspecified atom stereocenters. The lowest BCUT2D eigenvalue weighted by molar-refractivity contribution is -0.384. The highest BCUT2D eigenvalue weighted by Crippen LogP contribution is 2.25. The van der Waals surface area contributed by atoms with Crippen molar-refractivity contribution in [1.82, 2.24) is 0 Å². The topological polar surface area (TPSA) is 106 Å². The first-order chi connectivity index (χ1) is 11.4. The minimum absolute atomic E-state index is 0.0198. The van der Waals surface area contributed by atoms with Gasteiger partial charge in [-0.05, 0) is 38.1 Å². The van der Waals surface area contributed by atoms with Gasteiger partial charge in [0.15, 0.2) is 0 Å². The number of nitro benzene ring substituents is 1. The number of non-ortho nitro benzene ring substituents is 1. The molecule has 2 aromatic rings. The van der Waals surface area contributed by atoms with Gasteiger partial charge < -0.3 is 9.15 Å². The molecule has 1 aromatic heterocycles. The van der Waals surface area contributed by atoms with Crippen LogP contribution in [0.1, 0.15) is 19.6 Å². The quantitative estimate of drug-likeness (QED) is 0.272. The van der Waals surface area contributed by atoms with E-state index in [0.29, 0.717) is 17.1 Å². The number of nitro groups is 1. The molecule has 122 valence electrons. The summed E-state index contributed by atoms with van der Waals surface area (Å²) in [5.74, 6) is 0.0482. The van der Waals surface area contributed by atoms with E-state index in [4.69, 9.17) is 14.4 Å². The average molecular weight is 326 g/mol. The van der Waals surface area contributed by atoms with Crippen LogP contribution in [0.5, 0.6) is 0 Å². The standard InChI is InChI=1S/C17H14N2O5/c1-11(2)23-17(20)13(10-18)9-15-7-8-16(24-15)12-3-5-14(6-4-12)19(21)22/h3-9,11H,1-2H3. The number of benzene rings is 1. The van der Waals surface area contributed by atoms with E-state index in [-0.39, 0.29) is 17.4 Å². The molecule has 0 aliphatic carbocycles. The number of carbonyl (C=O) groups is 1. The number of nitrogens with zero attached hydrogens (tertiary/aromatic N) is 2. The number of hydrogen-bond donors (Lipinski definition) is 0. The highest BCUT2D eigenvalue weighted by Gasteiger charge is 2.14. The van der Waals surface area contributed by atoms with E-state index in [2.05, 4.69) is 0 Å². The van der Waals surface area contributed by atoms with Crippen molar-refractivity contribution in [3.05, 3.63) is 57.8 Å². The van der Waals surface area contributed by atoms with Gasteiger partial charge in [-0.1, -0.05) is 0 Å². The van der Waals surface area contributed by atoms with Gasteiger partial charge in [-0.3, -0.25) is 10.1 Å². The molecular formula is C17H14N2O5. The minimum Gasteiger partial charge on any atom is -0.459 e. The molecule has 0 amide bonds. The fourth-order valence-electron chi connectivity index (χ4n) is 1.89. The van der Waals surface area contributed by atoms with Crippen molar-refractivity contribution in [3.8, 4) is 17.4 Å². The zero-order valence-electron chi connectivity index (χ0n) is 13.1. The fourth-order valence-corrected chi connectivity index (χ4v) is 1.89. The largest absolute Gasteiger partial charge is 0.459 e. The summed E-state index contributed by atoms with van der Waals surface area (Å²) < 4.78 is 10.5. The number of hydrogen-bond acceptors (Lipinski definition) is 6. The molecule has 2 rings (SSSR count). The van der Waals surface area contributed by atoms with Crippen LogP contribution < -0.4 is 0 Å². The maximum absolute atomic E-state index is 11.7. The van der Waals surface area contributed by atoms with E-state index in [0.717, 1.165) is 0 Å². The summed E-state index contributed by atoms with van der Waals surface area (Å²) in [7, 11) is 0. The normalized spacial score (nSPS) is 11.2. The number of ether oxygens (including phenoxy) is 1. The van der Waals surface area contributed by atoms with Gasteiger partial charge in [0.1, 0.15) is 23.2 Å². The molecule has 7 nitrogen and oxygen atoms in total. The summed E-state index contributed by atoms with van der Waals surface area (Å²) in [5, 5.41) is 19.7. The molecule has 1 heterocycles.